The number of rotatable bonds is 11. The maximum atomic E-state index is 12.2. The van der Waals surface area contributed by atoms with Gasteiger partial charge in [-0.05, 0) is 35.4 Å². The molecular weight excluding hydrogens is 536 g/mol. The van der Waals surface area contributed by atoms with Gasteiger partial charge >= 0.3 is 11.9 Å². The second-order valence-electron chi connectivity index (χ2n) is 9.36. The highest BCUT2D eigenvalue weighted by atomic mass is 32.2. The van der Waals surface area contributed by atoms with Crippen LogP contribution in [0.4, 0.5) is 5.69 Å². The van der Waals surface area contributed by atoms with Crippen LogP contribution >= 0.6 is 11.8 Å². The third-order valence-corrected chi connectivity index (χ3v) is 7.61. The zero-order valence-corrected chi connectivity index (χ0v) is 22.5. The van der Waals surface area contributed by atoms with Gasteiger partial charge in [0.1, 0.15) is 5.03 Å². The molecule has 4 N–H and O–H groups in total. The summed E-state index contributed by atoms with van der Waals surface area (Å²) in [5.74, 6) is -2.24. The zero-order valence-electron chi connectivity index (χ0n) is 21.7. The molecule has 10 nitrogen and oxygen atoms in total. The van der Waals surface area contributed by atoms with Crippen molar-refractivity contribution in [3.05, 3.63) is 89.1 Å². The summed E-state index contributed by atoms with van der Waals surface area (Å²) >= 11 is 1.29. The number of carboxylic acid groups (broad SMARTS) is 2. The van der Waals surface area contributed by atoms with Gasteiger partial charge in [-0.3, -0.25) is 9.59 Å². The molecule has 0 unspecified atom stereocenters. The number of carbonyl (C=O) groups is 3. The van der Waals surface area contributed by atoms with E-state index >= 15 is 0 Å². The third kappa shape index (κ3) is 7.45. The quantitative estimate of drug-likeness (QED) is 0.241. The molecule has 1 amide bonds. The van der Waals surface area contributed by atoms with Gasteiger partial charge in [0, 0.05) is 35.5 Å². The van der Waals surface area contributed by atoms with Crippen LogP contribution in [-0.4, -0.2) is 50.0 Å². The highest BCUT2D eigenvalue weighted by Crippen LogP contribution is 2.43. The molecule has 210 valence electrons. The molecule has 3 aromatic rings. The van der Waals surface area contributed by atoms with Crippen molar-refractivity contribution in [3.63, 3.8) is 0 Å². The highest BCUT2D eigenvalue weighted by Gasteiger charge is 2.38. The van der Waals surface area contributed by atoms with Gasteiger partial charge in [0.15, 0.2) is 6.29 Å². The number of aliphatic hydroxyl groups is 1. The normalized spacial score (nSPS) is 20.6. The number of hydrogen-bond donors (Lipinski definition) is 4. The number of carboxylic acids is 2. The highest BCUT2D eigenvalue weighted by molar-refractivity contribution is 7.99. The van der Waals surface area contributed by atoms with E-state index in [1.165, 1.54) is 17.8 Å². The lowest BCUT2D eigenvalue weighted by Crippen LogP contribution is -2.38. The maximum absolute atomic E-state index is 12.2. The summed E-state index contributed by atoms with van der Waals surface area (Å²) in [5.41, 5.74) is 2.92. The molecule has 1 aliphatic heterocycles. The van der Waals surface area contributed by atoms with Gasteiger partial charge in [-0.15, -0.1) is 11.8 Å². The smallest absolute Gasteiger partial charge is 0.338 e. The molecule has 11 heteroatoms. The van der Waals surface area contributed by atoms with Crippen LogP contribution in [0.5, 0.6) is 0 Å². The summed E-state index contributed by atoms with van der Waals surface area (Å²) in [7, 11) is 0. The van der Waals surface area contributed by atoms with Crippen molar-refractivity contribution in [2.75, 3.05) is 11.1 Å². The molecule has 1 saturated heterocycles. The van der Waals surface area contributed by atoms with E-state index in [2.05, 4.69) is 10.3 Å². The number of benzene rings is 2. The molecule has 4 rings (SSSR count). The van der Waals surface area contributed by atoms with Gasteiger partial charge in [0.05, 0.1) is 30.8 Å². The lowest BCUT2D eigenvalue weighted by Gasteiger charge is -2.41. The summed E-state index contributed by atoms with van der Waals surface area (Å²) in [6, 6.07) is 17.5. The predicted octanol–water partition coefficient (Wildman–Crippen LogP) is 4.66. The molecule has 0 aliphatic carbocycles. The minimum atomic E-state index is -1.06. The minimum absolute atomic E-state index is 0.0761. The molecule has 40 heavy (non-hydrogen) atoms. The van der Waals surface area contributed by atoms with E-state index in [-0.39, 0.29) is 43.1 Å². The average Bonchev–Trinajstić information content (AvgIpc) is 2.96. The van der Waals surface area contributed by atoms with Crippen molar-refractivity contribution in [2.45, 2.75) is 49.9 Å². The second-order valence-corrected chi connectivity index (χ2v) is 10.4. The lowest BCUT2D eigenvalue weighted by molar-refractivity contribution is -0.268. The van der Waals surface area contributed by atoms with Gasteiger partial charge < -0.3 is 30.1 Å². The lowest BCUT2D eigenvalue weighted by atomic mass is 9.91. The Bertz CT molecular complexity index is 1350. The molecule has 0 radical (unpaired) electrons. The first-order valence-electron chi connectivity index (χ1n) is 12.7. The van der Waals surface area contributed by atoms with Crippen molar-refractivity contribution < 1.29 is 39.2 Å². The fraction of sp³-hybridized carbons (Fsp3) is 0.310. The van der Waals surface area contributed by atoms with Gasteiger partial charge in [-0.2, -0.15) is 0 Å². The third-order valence-electron chi connectivity index (χ3n) is 6.52. The van der Waals surface area contributed by atoms with Crippen LogP contribution in [0, 0.1) is 5.92 Å². The summed E-state index contributed by atoms with van der Waals surface area (Å²) in [5, 5.41) is 30.9. The zero-order chi connectivity index (χ0) is 28.6. The Hall–Kier alpha value is -3.77. The molecule has 1 aromatic heterocycles. The number of aliphatic carboxylic acids is 1. The first-order chi connectivity index (χ1) is 19.2. The monoisotopic (exact) mass is 566 g/mol. The predicted molar refractivity (Wildman–Crippen MR) is 147 cm³/mol. The standard InChI is InChI=1S/C29H30N2O8S/c1-17-23(16-40-27-22(28(36)37)6-3-13-30-27)38-29(39-26(17)19-9-7-18(15-32)8-10-19)20-4-2-5-21(14-20)31-24(33)11-12-25(34)35/h2-10,13-14,17,23,26,29,32H,11-12,15-16H2,1H3,(H,31,33)(H,34,35)(H,36,37)/t17-,23+,26+,29+/m1/s1. The van der Waals surface area contributed by atoms with Crippen LogP contribution in [0.25, 0.3) is 0 Å². The van der Waals surface area contributed by atoms with E-state index in [0.29, 0.717) is 22.0 Å². The Morgan fingerprint density at radius 2 is 1.75 bits per heavy atom. The topological polar surface area (TPSA) is 155 Å². The number of amides is 1. The Balaban J connectivity index is 1.58. The van der Waals surface area contributed by atoms with Crippen LogP contribution in [-0.2, 0) is 25.7 Å². The van der Waals surface area contributed by atoms with Crippen LogP contribution in [0.1, 0.15) is 59.2 Å². The van der Waals surface area contributed by atoms with Crippen molar-refractivity contribution in [2.24, 2.45) is 5.92 Å². The second kappa shape index (κ2) is 13.5. The summed E-state index contributed by atoms with van der Waals surface area (Å²) in [4.78, 5) is 38.9. The molecular formula is C29H30N2O8S. The number of ether oxygens (including phenoxy) is 2. The number of aromatic carboxylic acids is 1. The summed E-state index contributed by atoms with van der Waals surface area (Å²) in [6.07, 6.45) is -0.410. The van der Waals surface area contributed by atoms with E-state index in [1.54, 1.807) is 30.5 Å². The SMILES string of the molecule is C[C@@H]1[C@H](CSc2ncccc2C(=O)O)O[C@H](c2cccc(NC(=O)CCC(=O)O)c2)O[C@@H]1c1ccc(CO)cc1. The van der Waals surface area contributed by atoms with Crippen LogP contribution in [0.3, 0.4) is 0 Å². The summed E-state index contributed by atoms with van der Waals surface area (Å²) < 4.78 is 12.8. The number of carbonyl (C=O) groups excluding carboxylic acids is 1. The maximum Gasteiger partial charge on any atom is 0.338 e. The Morgan fingerprint density at radius 1 is 0.975 bits per heavy atom. The molecule has 0 saturated carbocycles. The molecule has 4 atom stereocenters. The molecule has 1 aliphatic rings. The van der Waals surface area contributed by atoms with Gasteiger partial charge in [-0.1, -0.05) is 43.3 Å². The van der Waals surface area contributed by atoms with Gasteiger partial charge in [0.2, 0.25) is 5.91 Å². The number of anilines is 1. The van der Waals surface area contributed by atoms with E-state index in [4.69, 9.17) is 14.6 Å². The van der Waals surface area contributed by atoms with E-state index in [0.717, 1.165) is 11.1 Å². The number of aliphatic hydroxyl groups excluding tert-OH is 1. The van der Waals surface area contributed by atoms with Crippen molar-refractivity contribution in [1.29, 1.82) is 0 Å². The van der Waals surface area contributed by atoms with Crippen molar-refractivity contribution in [3.8, 4) is 0 Å². The number of thioether (sulfide) groups is 1. The molecule has 0 bridgehead atoms. The van der Waals surface area contributed by atoms with Crippen LogP contribution < -0.4 is 5.32 Å². The number of hydrogen-bond acceptors (Lipinski definition) is 8. The molecule has 0 spiro atoms. The van der Waals surface area contributed by atoms with E-state index in [1.807, 2.05) is 37.3 Å². The molecule has 2 aromatic carbocycles. The Labute approximate surface area is 235 Å². The van der Waals surface area contributed by atoms with E-state index in [9.17, 15) is 24.6 Å². The molecule has 1 fully saturated rings. The number of pyridine rings is 1. The number of aromatic nitrogens is 1. The Morgan fingerprint density at radius 3 is 2.45 bits per heavy atom. The van der Waals surface area contributed by atoms with E-state index < -0.39 is 24.1 Å². The summed E-state index contributed by atoms with van der Waals surface area (Å²) in [6.45, 7) is 1.93. The van der Waals surface area contributed by atoms with Crippen molar-refractivity contribution in [1.82, 2.24) is 4.98 Å². The fourth-order valence-electron chi connectivity index (χ4n) is 4.35. The largest absolute Gasteiger partial charge is 0.481 e. The number of nitrogens with one attached hydrogen (secondary N) is 1. The van der Waals surface area contributed by atoms with Crippen LogP contribution in [0.15, 0.2) is 71.9 Å². The molecule has 2 heterocycles. The number of nitrogens with zero attached hydrogens (tertiary/aromatic N) is 1. The van der Waals surface area contributed by atoms with Gasteiger partial charge in [0.25, 0.3) is 0 Å². The van der Waals surface area contributed by atoms with Crippen LogP contribution in [0.2, 0.25) is 0 Å². The minimum Gasteiger partial charge on any atom is -0.481 e. The Kier molecular flexibility index (Phi) is 9.88. The van der Waals surface area contributed by atoms with Crippen molar-refractivity contribution >= 4 is 35.3 Å². The first-order valence-corrected chi connectivity index (χ1v) is 13.7. The van der Waals surface area contributed by atoms with Gasteiger partial charge in [-0.25, -0.2) is 9.78 Å². The average molecular weight is 567 g/mol. The fourth-order valence-corrected chi connectivity index (χ4v) is 5.50. The first kappa shape index (κ1) is 29.2.